The van der Waals surface area contributed by atoms with E-state index in [1.165, 1.54) is 0 Å². The predicted molar refractivity (Wildman–Crippen MR) is 37.8 cm³/mol. The first-order valence-corrected chi connectivity index (χ1v) is 4.28. The van der Waals surface area contributed by atoms with Crippen LogP contribution in [0.25, 0.3) is 0 Å². The van der Waals surface area contributed by atoms with Crippen LogP contribution >= 0.6 is 0 Å². The highest BCUT2D eigenvalue weighted by molar-refractivity contribution is 5.08. The Bertz CT molecular complexity index is 348. The highest BCUT2D eigenvalue weighted by Crippen LogP contribution is 2.57. The summed E-state index contributed by atoms with van der Waals surface area (Å²) in [5.41, 5.74) is 0. The van der Waals surface area contributed by atoms with Crippen molar-refractivity contribution in [1.82, 2.24) is 0 Å². The molecule has 1 nitrogen and oxygen atoms in total. The normalized spacial score (nSPS) is 15.9. The number of rotatable bonds is 6. The van der Waals surface area contributed by atoms with E-state index >= 15 is 0 Å². The fourth-order valence-corrected chi connectivity index (χ4v) is 0.872. The first-order chi connectivity index (χ1) is 8.50. The molecular weight excluding hydrogens is 328 g/mol. The Balaban J connectivity index is 5.98. The largest absolute Gasteiger partial charge is 0.390 e. The fraction of sp³-hybridized carbons (Fsp3) is 1.00. The van der Waals surface area contributed by atoms with Gasteiger partial charge in [0.25, 0.3) is 0 Å². The van der Waals surface area contributed by atoms with Crippen molar-refractivity contribution in [2.45, 2.75) is 36.0 Å². The zero-order chi connectivity index (χ0) is 16.8. The third-order valence-electron chi connectivity index (χ3n) is 2.14. The van der Waals surface area contributed by atoms with Gasteiger partial charge in [-0.3, -0.25) is 0 Å². The van der Waals surface area contributed by atoms with E-state index < -0.39 is 42.6 Å². The molecule has 0 heterocycles. The molecule has 0 aromatic heterocycles. The summed E-state index contributed by atoms with van der Waals surface area (Å²) in [5.74, 6) is -35.5. The summed E-state index contributed by atoms with van der Waals surface area (Å²) < 4.78 is 148. The summed E-state index contributed by atoms with van der Waals surface area (Å²) in [6.07, 6.45) is -5.53. The Morgan fingerprint density at radius 1 is 0.650 bits per heavy atom. The fourth-order valence-electron chi connectivity index (χ4n) is 0.872. The van der Waals surface area contributed by atoms with Gasteiger partial charge in [0.2, 0.25) is 0 Å². The molecule has 0 bridgehead atoms. The standard InChI is InChI=1S/C7H4F12O/c8-2(9)4(12,13)6(16,17)7(18,19)5(14,15)3(10,11)1-20/h2,20H,1H2. The summed E-state index contributed by atoms with van der Waals surface area (Å²) >= 11 is 0. The molecule has 1 N–H and O–H groups in total. The number of alkyl halides is 12. The first kappa shape index (κ1) is 19.1. The van der Waals surface area contributed by atoms with E-state index in [1.54, 1.807) is 0 Å². The molecule has 0 fully saturated rings. The van der Waals surface area contributed by atoms with Crippen LogP contribution in [0.4, 0.5) is 52.7 Å². The minimum atomic E-state index is -7.56. The van der Waals surface area contributed by atoms with Crippen molar-refractivity contribution in [3.8, 4) is 0 Å². The molecule has 0 saturated heterocycles. The number of hydrogen-bond donors (Lipinski definition) is 1. The number of hydrogen-bond acceptors (Lipinski definition) is 1. The molecule has 0 aliphatic rings. The van der Waals surface area contributed by atoms with Crippen molar-refractivity contribution >= 4 is 0 Å². The molecule has 122 valence electrons. The van der Waals surface area contributed by atoms with Crippen LogP contribution in [0.3, 0.4) is 0 Å². The van der Waals surface area contributed by atoms with E-state index in [0.29, 0.717) is 0 Å². The van der Waals surface area contributed by atoms with Crippen LogP contribution in [0.2, 0.25) is 0 Å². The van der Waals surface area contributed by atoms with Crippen molar-refractivity contribution in [3.63, 3.8) is 0 Å². The highest BCUT2D eigenvalue weighted by Gasteiger charge is 2.87. The van der Waals surface area contributed by atoms with Crippen molar-refractivity contribution in [3.05, 3.63) is 0 Å². The van der Waals surface area contributed by atoms with Gasteiger partial charge in [0.05, 0.1) is 0 Å². The van der Waals surface area contributed by atoms with Gasteiger partial charge in [-0.1, -0.05) is 0 Å². The van der Waals surface area contributed by atoms with E-state index in [9.17, 15) is 52.7 Å². The Hall–Kier alpha value is -0.880. The van der Waals surface area contributed by atoms with Gasteiger partial charge in [-0.05, 0) is 0 Å². The minimum Gasteiger partial charge on any atom is -0.390 e. The third-order valence-corrected chi connectivity index (χ3v) is 2.14. The lowest BCUT2D eigenvalue weighted by Gasteiger charge is -2.38. The van der Waals surface area contributed by atoms with E-state index in [1.807, 2.05) is 0 Å². The molecule has 0 aliphatic carbocycles. The molecule has 0 rings (SSSR count). The zero-order valence-electron chi connectivity index (χ0n) is 8.77. The smallest absolute Gasteiger partial charge is 0.384 e. The topological polar surface area (TPSA) is 20.2 Å². The van der Waals surface area contributed by atoms with Crippen LogP contribution in [0.5, 0.6) is 0 Å². The third kappa shape index (κ3) is 2.29. The van der Waals surface area contributed by atoms with Gasteiger partial charge in [0, 0.05) is 0 Å². The lowest BCUT2D eigenvalue weighted by atomic mass is 9.95. The second-order valence-electron chi connectivity index (χ2n) is 3.51. The first-order valence-electron chi connectivity index (χ1n) is 4.28. The quantitative estimate of drug-likeness (QED) is 0.739. The minimum absolute atomic E-state index is 3.11. The molecule has 0 aliphatic heterocycles. The van der Waals surface area contributed by atoms with E-state index in [-0.39, 0.29) is 0 Å². The molecule has 0 aromatic carbocycles. The molecule has 0 atom stereocenters. The molecule has 0 amide bonds. The lowest BCUT2D eigenvalue weighted by molar-refractivity contribution is -0.414. The Morgan fingerprint density at radius 2 is 1.00 bits per heavy atom. The van der Waals surface area contributed by atoms with Gasteiger partial charge >= 0.3 is 36.0 Å². The Morgan fingerprint density at radius 3 is 1.25 bits per heavy atom. The molecular formula is C7H4F12O. The Labute approximate surface area is 102 Å². The molecule has 20 heavy (non-hydrogen) atoms. The molecule has 0 saturated carbocycles. The van der Waals surface area contributed by atoms with Crippen LogP contribution in [0.15, 0.2) is 0 Å². The van der Waals surface area contributed by atoms with Gasteiger partial charge in [-0.25, -0.2) is 8.78 Å². The Kier molecular flexibility index (Phi) is 4.63. The van der Waals surface area contributed by atoms with Crippen LogP contribution in [0, 0.1) is 0 Å². The number of aliphatic hydroxyl groups excluding tert-OH is 1. The summed E-state index contributed by atoms with van der Waals surface area (Å²) in [6, 6.07) is 0. The number of aliphatic hydroxyl groups is 1. The maximum atomic E-state index is 12.6. The molecule has 13 heteroatoms. The van der Waals surface area contributed by atoms with Gasteiger partial charge in [0.15, 0.2) is 0 Å². The van der Waals surface area contributed by atoms with E-state index in [0.717, 1.165) is 0 Å². The van der Waals surface area contributed by atoms with E-state index in [4.69, 9.17) is 5.11 Å². The maximum absolute atomic E-state index is 12.6. The van der Waals surface area contributed by atoms with Crippen LogP contribution < -0.4 is 0 Å². The van der Waals surface area contributed by atoms with Crippen molar-refractivity contribution in [1.29, 1.82) is 0 Å². The molecule has 0 radical (unpaired) electrons. The number of halogens is 12. The molecule has 0 spiro atoms. The average Bonchev–Trinajstić information content (AvgIpc) is 2.27. The second-order valence-corrected chi connectivity index (χ2v) is 3.51. The average molecular weight is 332 g/mol. The molecule has 0 unspecified atom stereocenters. The second kappa shape index (κ2) is 4.84. The predicted octanol–water partition coefficient (Wildman–Crippen LogP) is 3.42. The van der Waals surface area contributed by atoms with Crippen molar-refractivity contribution in [2.75, 3.05) is 6.61 Å². The van der Waals surface area contributed by atoms with E-state index in [2.05, 4.69) is 0 Å². The summed E-state index contributed by atoms with van der Waals surface area (Å²) in [7, 11) is 0. The van der Waals surface area contributed by atoms with Gasteiger partial charge in [-0.2, -0.15) is 43.9 Å². The lowest BCUT2D eigenvalue weighted by Crippen LogP contribution is -2.69. The summed E-state index contributed by atoms with van der Waals surface area (Å²) in [6.45, 7) is -3.11. The van der Waals surface area contributed by atoms with Crippen molar-refractivity contribution in [2.24, 2.45) is 0 Å². The zero-order valence-corrected chi connectivity index (χ0v) is 8.77. The van der Waals surface area contributed by atoms with Gasteiger partial charge in [-0.15, -0.1) is 0 Å². The van der Waals surface area contributed by atoms with Crippen LogP contribution in [-0.2, 0) is 0 Å². The maximum Gasteiger partial charge on any atom is 0.384 e. The summed E-state index contributed by atoms with van der Waals surface area (Å²) in [5, 5.41) is 7.73. The van der Waals surface area contributed by atoms with Crippen LogP contribution in [0.1, 0.15) is 0 Å². The van der Waals surface area contributed by atoms with Crippen LogP contribution in [-0.4, -0.2) is 47.8 Å². The highest BCUT2D eigenvalue weighted by atomic mass is 19.4. The summed E-state index contributed by atoms with van der Waals surface area (Å²) in [4.78, 5) is 0. The molecule has 0 aromatic rings. The van der Waals surface area contributed by atoms with Gasteiger partial charge < -0.3 is 5.11 Å². The SMILES string of the molecule is OCC(F)(F)C(F)(F)C(F)(F)C(F)(F)C(F)(F)C(F)F. The monoisotopic (exact) mass is 332 g/mol. The van der Waals surface area contributed by atoms with Crippen molar-refractivity contribution < 1.29 is 57.8 Å². The van der Waals surface area contributed by atoms with Gasteiger partial charge in [0.1, 0.15) is 6.61 Å².